The minimum Gasteiger partial charge on any atom is -0.347 e. The number of thiophene rings is 1. The molecule has 2 aromatic rings. The number of carbonyl (C=O) groups is 3. The van der Waals surface area contributed by atoms with Gasteiger partial charge in [0.2, 0.25) is 5.91 Å². The van der Waals surface area contributed by atoms with Crippen LogP contribution in [0.3, 0.4) is 0 Å². The maximum Gasteiger partial charge on any atom is 0.252 e. The first-order valence-corrected chi connectivity index (χ1v) is 9.63. The highest BCUT2D eigenvalue weighted by Gasteiger charge is 2.30. The Hall–Kier alpha value is -2.47. The molecular weight excluding hydrogens is 348 g/mol. The van der Waals surface area contributed by atoms with E-state index < -0.39 is 0 Å². The van der Waals surface area contributed by atoms with Crippen molar-refractivity contribution < 1.29 is 14.4 Å². The summed E-state index contributed by atoms with van der Waals surface area (Å²) >= 11 is 1.27. The highest BCUT2D eigenvalue weighted by atomic mass is 32.1. The predicted molar refractivity (Wildman–Crippen MR) is 102 cm³/mol. The van der Waals surface area contributed by atoms with Gasteiger partial charge in [0.1, 0.15) is 0 Å². The van der Waals surface area contributed by atoms with Gasteiger partial charge in [0.25, 0.3) is 5.91 Å². The number of rotatable bonds is 7. The Morgan fingerprint density at radius 2 is 2.04 bits per heavy atom. The minimum atomic E-state index is -0.224. The molecule has 3 rings (SSSR count). The van der Waals surface area contributed by atoms with Crippen LogP contribution in [-0.2, 0) is 11.2 Å². The van der Waals surface area contributed by atoms with Crippen molar-refractivity contribution in [2.45, 2.75) is 32.2 Å². The second-order valence-corrected chi connectivity index (χ2v) is 7.47. The van der Waals surface area contributed by atoms with Crippen molar-refractivity contribution in [3.8, 4) is 0 Å². The van der Waals surface area contributed by atoms with Gasteiger partial charge in [0.05, 0.1) is 16.5 Å². The average molecular weight is 370 g/mol. The normalized spacial score (nSPS) is 16.7. The van der Waals surface area contributed by atoms with Crippen LogP contribution in [0.2, 0.25) is 0 Å². The fraction of sp³-hybridized carbons (Fsp3) is 0.350. The summed E-state index contributed by atoms with van der Waals surface area (Å²) < 4.78 is 0. The van der Waals surface area contributed by atoms with Gasteiger partial charge < -0.3 is 10.2 Å². The number of benzene rings is 1. The molecule has 1 fully saturated rings. The Bertz CT molecular complexity index is 800. The van der Waals surface area contributed by atoms with Crippen LogP contribution in [0.1, 0.15) is 45.4 Å². The van der Waals surface area contributed by atoms with Crippen molar-refractivity contribution in [1.82, 2.24) is 10.2 Å². The number of hydrogen-bond acceptors (Lipinski definition) is 4. The molecule has 1 aromatic heterocycles. The Labute approximate surface area is 157 Å². The average Bonchev–Trinajstić information content (AvgIpc) is 3.23. The van der Waals surface area contributed by atoms with Gasteiger partial charge in [-0.2, -0.15) is 0 Å². The quantitative estimate of drug-likeness (QED) is 0.762. The van der Waals surface area contributed by atoms with Crippen molar-refractivity contribution in [2.24, 2.45) is 0 Å². The molecule has 2 amide bonds. The maximum absolute atomic E-state index is 12.3. The number of likely N-dealkylation sites (tertiary alicyclic amines) is 1. The van der Waals surface area contributed by atoms with Crippen LogP contribution < -0.4 is 5.32 Å². The summed E-state index contributed by atoms with van der Waals surface area (Å²) in [5.41, 5.74) is 1.75. The van der Waals surface area contributed by atoms with E-state index in [9.17, 15) is 14.4 Å². The van der Waals surface area contributed by atoms with E-state index >= 15 is 0 Å². The Kier molecular flexibility index (Phi) is 5.83. The second-order valence-electron chi connectivity index (χ2n) is 6.56. The first-order valence-electron chi connectivity index (χ1n) is 8.75. The molecule has 1 aliphatic rings. The Morgan fingerprint density at radius 1 is 1.27 bits per heavy atom. The molecule has 0 spiro atoms. The minimum absolute atomic E-state index is 0.0466. The zero-order valence-corrected chi connectivity index (χ0v) is 15.6. The van der Waals surface area contributed by atoms with Crippen LogP contribution in [0.25, 0.3) is 0 Å². The monoisotopic (exact) mass is 370 g/mol. The van der Waals surface area contributed by atoms with Crippen molar-refractivity contribution >= 4 is 28.9 Å². The van der Waals surface area contributed by atoms with Crippen LogP contribution in [0, 0.1) is 0 Å². The summed E-state index contributed by atoms with van der Waals surface area (Å²) in [7, 11) is 0. The molecule has 0 aliphatic carbocycles. The summed E-state index contributed by atoms with van der Waals surface area (Å²) in [4.78, 5) is 38.2. The number of amides is 2. The molecule has 0 radical (unpaired) electrons. The predicted octanol–water partition coefficient (Wildman–Crippen LogP) is 2.91. The van der Waals surface area contributed by atoms with E-state index in [0.29, 0.717) is 30.0 Å². The largest absolute Gasteiger partial charge is 0.347 e. The molecule has 1 saturated heterocycles. The number of ketones is 1. The van der Waals surface area contributed by atoms with Crippen LogP contribution in [0.5, 0.6) is 0 Å². The van der Waals surface area contributed by atoms with E-state index in [-0.39, 0.29) is 23.6 Å². The van der Waals surface area contributed by atoms with Gasteiger partial charge in [-0.15, -0.1) is 11.3 Å². The zero-order valence-electron chi connectivity index (χ0n) is 14.7. The lowest BCUT2D eigenvalue weighted by molar-refractivity contribution is -0.127. The highest BCUT2D eigenvalue weighted by molar-refractivity contribution is 7.12. The van der Waals surface area contributed by atoms with Gasteiger partial charge in [-0.05, 0) is 31.4 Å². The van der Waals surface area contributed by atoms with E-state index in [2.05, 4.69) is 17.4 Å². The number of nitrogens with zero attached hydrogens (tertiary/aromatic N) is 1. The van der Waals surface area contributed by atoms with Crippen LogP contribution in [0.4, 0.5) is 0 Å². The number of hydrogen-bond donors (Lipinski definition) is 1. The summed E-state index contributed by atoms with van der Waals surface area (Å²) in [5.74, 6) is -0.189. The zero-order chi connectivity index (χ0) is 18.5. The second kappa shape index (κ2) is 8.27. The van der Waals surface area contributed by atoms with Gasteiger partial charge in [0, 0.05) is 24.9 Å². The number of carbonyl (C=O) groups excluding carboxylic acids is 3. The van der Waals surface area contributed by atoms with E-state index in [1.165, 1.54) is 23.8 Å². The third kappa shape index (κ3) is 4.58. The van der Waals surface area contributed by atoms with Crippen LogP contribution in [0.15, 0.2) is 41.8 Å². The van der Waals surface area contributed by atoms with Gasteiger partial charge in [-0.3, -0.25) is 14.4 Å². The van der Waals surface area contributed by atoms with Gasteiger partial charge in [-0.1, -0.05) is 30.3 Å². The van der Waals surface area contributed by atoms with Gasteiger partial charge in [-0.25, -0.2) is 0 Å². The van der Waals surface area contributed by atoms with E-state index in [4.69, 9.17) is 0 Å². The molecule has 26 heavy (non-hydrogen) atoms. The molecule has 1 aromatic carbocycles. The highest BCUT2D eigenvalue weighted by Crippen LogP contribution is 2.17. The van der Waals surface area contributed by atoms with Crippen molar-refractivity contribution in [2.75, 3.05) is 13.1 Å². The lowest BCUT2D eigenvalue weighted by Crippen LogP contribution is -2.37. The van der Waals surface area contributed by atoms with E-state index in [0.717, 1.165) is 12.8 Å². The molecule has 0 unspecified atom stereocenters. The molecule has 0 bridgehead atoms. The molecule has 136 valence electrons. The summed E-state index contributed by atoms with van der Waals surface area (Å²) in [6.45, 7) is 2.73. The first kappa shape index (κ1) is 18.3. The molecule has 0 saturated carbocycles. The molecule has 6 heteroatoms. The Balaban J connectivity index is 1.47. The van der Waals surface area contributed by atoms with Crippen molar-refractivity contribution in [1.29, 1.82) is 0 Å². The van der Waals surface area contributed by atoms with E-state index in [1.54, 1.807) is 11.4 Å². The lowest BCUT2D eigenvalue weighted by atomic mass is 10.1. The molecule has 2 heterocycles. The molecule has 1 atom stereocenters. The number of aryl methyl sites for hydroxylation is 1. The summed E-state index contributed by atoms with van der Waals surface area (Å²) in [5, 5.41) is 4.59. The maximum atomic E-state index is 12.3. The summed E-state index contributed by atoms with van der Waals surface area (Å²) in [6, 6.07) is 11.6. The molecular formula is C20H22N2O3S. The van der Waals surface area contributed by atoms with Crippen molar-refractivity contribution in [3.63, 3.8) is 0 Å². The first-order chi connectivity index (χ1) is 12.5. The van der Waals surface area contributed by atoms with Crippen molar-refractivity contribution in [3.05, 3.63) is 57.8 Å². The van der Waals surface area contributed by atoms with Crippen LogP contribution >= 0.6 is 11.3 Å². The standard InChI is InChI=1S/C20H22N2O3S/c1-14(23)18-10-16(13-26-18)20(25)21-17-11-19(24)22(12-17)9-5-8-15-6-3-2-4-7-15/h2-4,6-7,10,13,17H,5,8-9,11-12H2,1H3,(H,21,25)/t17-/m0/s1. The Morgan fingerprint density at radius 3 is 2.73 bits per heavy atom. The third-order valence-electron chi connectivity index (χ3n) is 4.49. The topological polar surface area (TPSA) is 66.5 Å². The fourth-order valence-electron chi connectivity index (χ4n) is 3.11. The lowest BCUT2D eigenvalue weighted by Gasteiger charge is -2.17. The molecule has 1 N–H and O–H groups in total. The SMILES string of the molecule is CC(=O)c1cc(C(=O)N[C@H]2CC(=O)N(CCCc3ccccc3)C2)cs1. The molecule has 5 nitrogen and oxygen atoms in total. The van der Waals surface area contributed by atoms with E-state index in [1.807, 2.05) is 23.1 Å². The van der Waals surface area contributed by atoms with Gasteiger partial charge in [0.15, 0.2) is 5.78 Å². The smallest absolute Gasteiger partial charge is 0.252 e. The summed E-state index contributed by atoms with van der Waals surface area (Å²) in [6.07, 6.45) is 2.17. The van der Waals surface area contributed by atoms with Crippen LogP contribution in [-0.4, -0.2) is 41.6 Å². The third-order valence-corrected chi connectivity index (χ3v) is 5.53. The molecule has 1 aliphatic heterocycles. The number of nitrogens with one attached hydrogen (secondary N) is 1. The van der Waals surface area contributed by atoms with Gasteiger partial charge >= 0.3 is 0 Å². The number of Topliss-reactive ketones (excluding diaryl/α,β-unsaturated/α-hetero) is 1. The fourth-order valence-corrected chi connectivity index (χ4v) is 3.90.